The van der Waals surface area contributed by atoms with Gasteiger partial charge in [0, 0.05) is 16.7 Å². The molecule has 2 aromatic rings. The topological polar surface area (TPSA) is 93.0 Å². The van der Waals surface area contributed by atoms with Crippen molar-refractivity contribution in [2.24, 2.45) is 0 Å². The summed E-state index contributed by atoms with van der Waals surface area (Å²) in [4.78, 5) is 18.6. The predicted octanol–water partition coefficient (Wildman–Crippen LogP) is 3.63. The summed E-state index contributed by atoms with van der Waals surface area (Å²) in [6.07, 6.45) is 1.19. The molecule has 0 aliphatic heterocycles. The van der Waals surface area contributed by atoms with Gasteiger partial charge in [0.15, 0.2) is 0 Å². The molecular weight excluding hydrogens is 338 g/mol. The van der Waals surface area contributed by atoms with Crippen molar-refractivity contribution in [3.8, 4) is 0 Å². The highest BCUT2D eigenvalue weighted by molar-refractivity contribution is 9.10. The van der Waals surface area contributed by atoms with Crippen LogP contribution in [0.25, 0.3) is 0 Å². The second-order valence-electron chi connectivity index (χ2n) is 4.30. The third-order valence-electron chi connectivity index (χ3n) is 2.72. The Balaban J connectivity index is 2.37. The molecule has 8 heteroatoms. The Labute approximate surface area is 130 Å². The van der Waals surface area contributed by atoms with E-state index in [9.17, 15) is 10.1 Å². The van der Waals surface area contributed by atoms with Crippen molar-refractivity contribution in [2.45, 2.75) is 13.8 Å². The van der Waals surface area contributed by atoms with E-state index < -0.39 is 4.92 Å². The lowest BCUT2D eigenvalue weighted by Gasteiger charge is -2.09. The predicted molar refractivity (Wildman–Crippen MR) is 85.0 cm³/mol. The molecule has 0 aliphatic carbocycles. The molecule has 0 unspecified atom stereocenters. The Morgan fingerprint density at radius 2 is 2.19 bits per heavy atom. The first-order chi connectivity index (χ1) is 10.0. The molecule has 0 spiro atoms. The van der Waals surface area contributed by atoms with Crippen LogP contribution in [0.5, 0.6) is 0 Å². The Hall–Kier alpha value is -2.22. The summed E-state index contributed by atoms with van der Waals surface area (Å²) in [7, 11) is 0. The Bertz CT molecular complexity index is 678. The van der Waals surface area contributed by atoms with E-state index in [4.69, 9.17) is 0 Å². The van der Waals surface area contributed by atoms with Crippen molar-refractivity contribution in [2.75, 3.05) is 17.2 Å². The minimum absolute atomic E-state index is 0.160. The molecule has 2 rings (SSSR count). The molecule has 1 aromatic heterocycles. The molecule has 110 valence electrons. The average molecular weight is 352 g/mol. The lowest BCUT2D eigenvalue weighted by Crippen LogP contribution is -2.06. The first-order valence-electron chi connectivity index (χ1n) is 6.29. The summed E-state index contributed by atoms with van der Waals surface area (Å²) < 4.78 is 0.971. The Kier molecular flexibility index (Phi) is 4.69. The number of nitrogens with one attached hydrogen (secondary N) is 2. The average Bonchev–Trinajstić information content (AvgIpc) is 2.43. The maximum atomic E-state index is 11.1. The van der Waals surface area contributed by atoms with Crippen molar-refractivity contribution < 1.29 is 4.92 Å². The lowest BCUT2D eigenvalue weighted by molar-refractivity contribution is -0.384. The number of hydrogen-bond acceptors (Lipinski definition) is 6. The summed E-state index contributed by atoms with van der Waals surface area (Å²) in [5, 5.41) is 17.0. The number of halogens is 1. The molecule has 0 saturated heterocycles. The number of benzene rings is 1. The quantitative estimate of drug-likeness (QED) is 0.631. The van der Waals surface area contributed by atoms with Crippen molar-refractivity contribution >= 4 is 39.1 Å². The van der Waals surface area contributed by atoms with Crippen LogP contribution in [0.1, 0.15) is 12.5 Å². The number of nitrogens with zero attached hydrogens (tertiary/aromatic N) is 3. The van der Waals surface area contributed by atoms with E-state index in [0.717, 1.165) is 15.7 Å². The van der Waals surface area contributed by atoms with Crippen molar-refractivity contribution in [3.63, 3.8) is 0 Å². The minimum Gasteiger partial charge on any atom is -0.354 e. The Morgan fingerprint density at radius 3 is 2.81 bits per heavy atom. The number of nitro groups is 1. The van der Waals surface area contributed by atoms with Crippen LogP contribution in [-0.2, 0) is 0 Å². The van der Waals surface area contributed by atoms with E-state index in [1.165, 1.54) is 6.20 Å². The summed E-state index contributed by atoms with van der Waals surface area (Å²) in [5.74, 6) is 0.507. The molecule has 2 N–H and O–H groups in total. The summed E-state index contributed by atoms with van der Waals surface area (Å²) >= 11 is 3.41. The molecular formula is C13H14BrN5O2. The molecule has 21 heavy (non-hydrogen) atoms. The molecule has 1 aromatic carbocycles. The van der Waals surface area contributed by atoms with E-state index in [0.29, 0.717) is 12.5 Å². The molecule has 0 radical (unpaired) electrons. The van der Waals surface area contributed by atoms with Crippen LogP contribution in [0.2, 0.25) is 0 Å². The van der Waals surface area contributed by atoms with Gasteiger partial charge in [-0.05, 0) is 37.6 Å². The third kappa shape index (κ3) is 3.66. The highest BCUT2D eigenvalue weighted by Gasteiger charge is 2.17. The van der Waals surface area contributed by atoms with E-state index in [2.05, 4.69) is 36.5 Å². The molecule has 0 saturated carbocycles. The van der Waals surface area contributed by atoms with Crippen molar-refractivity contribution in [3.05, 3.63) is 44.5 Å². The van der Waals surface area contributed by atoms with Crippen LogP contribution in [0.3, 0.4) is 0 Å². The van der Waals surface area contributed by atoms with Crippen LogP contribution in [-0.4, -0.2) is 21.4 Å². The standard InChI is InChI=1S/C13H14BrN5O2/c1-3-15-13-16-7-11(19(20)21)12(18-13)17-9-4-5-10(14)8(2)6-9/h4-7H,3H2,1-2H3,(H2,15,16,17,18). The molecule has 1 heterocycles. The van der Waals surface area contributed by atoms with Crippen LogP contribution in [0.15, 0.2) is 28.9 Å². The largest absolute Gasteiger partial charge is 0.354 e. The maximum absolute atomic E-state index is 11.1. The minimum atomic E-state index is -0.510. The number of aromatic nitrogens is 2. The van der Waals surface area contributed by atoms with Crippen LogP contribution < -0.4 is 10.6 Å². The van der Waals surface area contributed by atoms with Gasteiger partial charge in [0.25, 0.3) is 0 Å². The normalized spacial score (nSPS) is 10.2. The number of aryl methyl sites for hydroxylation is 1. The molecule has 0 aliphatic rings. The Morgan fingerprint density at radius 1 is 1.43 bits per heavy atom. The zero-order valence-electron chi connectivity index (χ0n) is 11.6. The summed E-state index contributed by atoms with van der Waals surface area (Å²) in [5.41, 5.74) is 1.57. The van der Waals surface area contributed by atoms with Gasteiger partial charge in [-0.2, -0.15) is 4.98 Å². The highest BCUT2D eigenvalue weighted by Crippen LogP contribution is 2.27. The van der Waals surface area contributed by atoms with Crippen LogP contribution >= 0.6 is 15.9 Å². The van der Waals surface area contributed by atoms with E-state index >= 15 is 0 Å². The third-order valence-corrected chi connectivity index (χ3v) is 3.61. The van der Waals surface area contributed by atoms with Gasteiger partial charge in [-0.25, -0.2) is 4.98 Å². The number of anilines is 3. The van der Waals surface area contributed by atoms with Crippen molar-refractivity contribution in [1.82, 2.24) is 9.97 Å². The molecule has 0 amide bonds. The smallest absolute Gasteiger partial charge is 0.329 e. The SMILES string of the molecule is CCNc1ncc([N+](=O)[O-])c(Nc2ccc(Br)c(C)c2)n1. The molecule has 0 fully saturated rings. The highest BCUT2D eigenvalue weighted by atomic mass is 79.9. The number of rotatable bonds is 5. The van der Waals surface area contributed by atoms with Gasteiger partial charge >= 0.3 is 5.69 Å². The van der Waals surface area contributed by atoms with E-state index in [1.807, 2.05) is 32.0 Å². The molecule has 7 nitrogen and oxygen atoms in total. The fourth-order valence-electron chi connectivity index (χ4n) is 1.70. The molecule has 0 bridgehead atoms. The van der Waals surface area contributed by atoms with Gasteiger partial charge in [0.1, 0.15) is 6.20 Å². The van der Waals surface area contributed by atoms with Gasteiger partial charge in [-0.15, -0.1) is 0 Å². The molecule has 0 atom stereocenters. The number of hydrogen-bond donors (Lipinski definition) is 2. The lowest BCUT2D eigenvalue weighted by atomic mass is 10.2. The van der Waals surface area contributed by atoms with Crippen LogP contribution in [0, 0.1) is 17.0 Å². The van der Waals surface area contributed by atoms with Gasteiger partial charge in [-0.3, -0.25) is 10.1 Å². The summed E-state index contributed by atoms with van der Waals surface area (Å²) in [6.45, 7) is 4.47. The second kappa shape index (κ2) is 6.49. The zero-order valence-corrected chi connectivity index (χ0v) is 13.1. The van der Waals surface area contributed by atoms with E-state index in [1.54, 1.807) is 0 Å². The van der Waals surface area contributed by atoms with E-state index in [-0.39, 0.29) is 11.5 Å². The van der Waals surface area contributed by atoms with Gasteiger partial charge in [0.05, 0.1) is 4.92 Å². The van der Waals surface area contributed by atoms with Crippen LogP contribution in [0.4, 0.5) is 23.1 Å². The zero-order chi connectivity index (χ0) is 15.4. The first kappa shape index (κ1) is 15.2. The van der Waals surface area contributed by atoms with Crippen molar-refractivity contribution in [1.29, 1.82) is 0 Å². The van der Waals surface area contributed by atoms with Gasteiger partial charge in [0.2, 0.25) is 11.8 Å². The monoisotopic (exact) mass is 351 g/mol. The van der Waals surface area contributed by atoms with Gasteiger partial charge < -0.3 is 10.6 Å². The second-order valence-corrected chi connectivity index (χ2v) is 5.16. The fraction of sp³-hybridized carbons (Fsp3) is 0.231. The first-order valence-corrected chi connectivity index (χ1v) is 7.09. The maximum Gasteiger partial charge on any atom is 0.329 e. The van der Waals surface area contributed by atoms with Gasteiger partial charge in [-0.1, -0.05) is 15.9 Å². The fourth-order valence-corrected chi connectivity index (χ4v) is 1.95. The summed E-state index contributed by atoms with van der Waals surface area (Å²) in [6, 6.07) is 5.56.